The molecule has 6 bridgehead atoms. The minimum Gasteiger partial charge on any atom is -0.464 e. The normalized spacial score (nSPS) is 28.9. The molecule has 18 nitrogen and oxygen atoms in total. The molecule has 0 spiro atoms. The van der Waals surface area contributed by atoms with Crippen molar-refractivity contribution in [2.75, 3.05) is 114 Å². The van der Waals surface area contributed by atoms with Crippen molar-refractivity contribution in [2.24, 2.45) is 11.3 Å². The Morgan fingerprint density at radius 2 is 1.71 bits per heavy atom. The van der Waals surface area contributed by atoms with Crippen LogP contribution < -0.4 is 25.4 Å². The van der Waals surface area contributed by atoms with Gasteiger partial charge < -0.3 is 43.5 Å². The van der Waals surface area contributed by atoms with Gasteiger partial charge in [-0.2, -0.15) is 0 Å². The number of methoxy groups -OCH3 is 1. The van der Waals surface area contributed by atoms with Crippen LogP contribution in [0.5, 0.6) is 0 Å². The van der Waals surface area contributed by atoms with E-state index in [1.807, 2.05) is 18.5 Å². The second-order valence-corrected chi connectivity index (χ2v) is 23.9. The number of hydrogen-bond acceptors (Lipinski definition) is 15. The maximum Gasteiger partial charge on any atom is 0.324 e. The van der Waals surface area contributed by atoms with Crippen molar-refractivity contribution >= 4 is 45.9 Å². The zero-order valence-corrected chi connectivity index (χ0v) is 46.3. The van der Waals surface area contributed by atoms with Crippen LogP contribution in [0.1, 0.15) is 102 Å². The van der Waals surface area contributed by atoms with Crippen molar-refractivity contribution in [3.05, 3.63) is 65.6 Å². The van der Waals surface area contributed by atoms with Crippen LogP contribution in [-0.2, 0) is 46.3 Å². The molecule has 8 aliphatic rings. The Morgan fingerprint density at radius 3 is 2.49 bits per heavy atom. The third-order valence-corrected chi connectivity index (χ3v) is 18.5. The first-order chi connectivity index (χ1) is 37.4. The summed E-state index contributed by atoms with van der Waals surface area (Å²) in [5.74, 6) is -0.425. The van der Waals surface area contributed by atoms with Crippen molar-refractivity contribution < 1.29 is 33.3 Å². The van der Waals surface area contributed by atoms with E-state index in [9.17, 15) is 4.79 Å². The predicted octanol–water partition coefficient (Wildman–Crippen LogP) is 5.52. The Balaban J connectivity index is 0.959. The molecule has 1 aliphatic carbocycles. The molecule has 5 saturated heterocycles. The Kier molecular flexibility index (Phi) is 14.7. The van der Waals surface area contributed by atoms with Crippen LogP contribution in [0, 0.1) is 11.3 Å². The monoisotopic (exact) mass is 1060 g/mol. The highest BCUT2D eigenvalue weighted by Crippen LogP contribution is 2.46. The summed E-state index contributed by atoms with van der Waals surface area (Å²) < 4.78 is 27.8. The molecule has 1 saturated carbocycles. The number of aryl methyl sites for hydroxylation is 1. The van der Waals surface area contributed by atoms with E-state index in [0.29, 0.717) is 71.8 Å². The summed E-state index contributed by atoms with van der Waals surface area (Å²) in [5.41, 5.74) is 11.4. The molecular weight excluding hydrogens is 975 g/mol. The number of carbonyl (C=O) groups is 3. The van der Waals surface area contributed by atoms with E-state index in [4.69, 9.17) is 28.9 Å². The van der Waals surface area contributed by atoms with Gasteiger partial charge in [-0.3, -0.25) is 34.2 Å². The van der Waals surface area contributed by atoms with Crippen molar-refractivity contribution in [3.8, 4) is 11.3 Å². The number of benzene rings is 1. The molecule has 0 radical (unpaired) electrons. The van der Waals surface area contributed by atoms with Gasteiger partial charge in [0.05, 0.1) is 73.9 Å². The summed E-state index contributed by atoms with van der Waals surface area (Å²) in [6.45, 7) is 20.6. The summed E-state index contributed by atoms with van der Waals surface area (Å²) in [7, 11) is 1.75. The molecule has 8 atom stereocenters. The van der Waals surface area contributed by atoms with Gasteiger partial charge in [-0.15, -0.1) is 0 Å². The highest BCUT2D eigenvalue weighted by atomic mass is 16.5. The zero-order chi connectivity index (χ0) is 53.1. The first kappa shape index (κ1) is 52.3. The first-order valence-corrected chi connectivity index (χ1v) is 29.0. The number of anilines is 3. The number of nitrogens with one attached hydrogen (secondary N) is 2. The van der Waals surface area contributed by atoms with Gasteiger partial charge in [0.25, 0.3) is 5.91 Å². The Hall–Kier alpha value is -5.37. The van der Waals surface area contributed by atoms with Gasteiger partial charge >= 0.3 is 5.97 Å². The molecule has 414 valence electrons. The van der Waals surface area contributed by atoms with Crippen LogP contribution in [0.15, 0.2) is 48.8 Å². The van der Waals surface area contributed by atoms with Gasteiger partial charge in [0.1, 0.15) is 17.9 Å². The summed E-state index contributed by atoms with van der Waals surface area (Å²) >= 11 is 0. The maximum absolute atomic E-state index is 15.7. The second-order valence-electron chi connectivity index (χ2n) is 23.9. The first-order valence-electron chi connectivity index (χ1n) is 29.0. The topological polar surface area (TPSA) is 162 Å². The summed E-state index contributed by atoms with van der Waals surface area (Å²) in [4.78, 5) is 67.8. The number of pyridine rings is 2. The number of ether oxygens (including phenoxy) is 4. The molecule has 3 aromatic heterocycles. The maximum atomic E-state index is 15.7. The SMILES string of the molecule is CCn1c(-c2cc(N3CCN(C4CC4)CC3)cnc2[C@H](C)OC)c2c3cc(ccc31)N1CCO[C@H](C1)[C@@H](N1CCOCC1)[C@H](NC(=O)[C@@H]1C(C)c3cccnc3N3CCC[C@@H]13)C(=O)N1CCC[C@H](N1)C(=O)OCC(C)(C)C2. The van der Waals surface area contributed by atoms with Crippen LogP contribution in [-0.4, -0.2) is 182 Å². The molecule has 2 amide bonds. The predicted molar refractivity (Wildman–Crippen MR) is 296 cm³/mol. The van der Waals surface area contributed by atoms with E-state index in [0.717, 1.165) is 109 Å². The quantitative estimate of drug-likeness (QED) is 0.202. The number of hydrazine groups is 1. The molecule has 18 heteroatoms. The zero-order valence-electron chi connectivity index (χ0n) is 46.3. The summed E-state index contributed by atoms with van der Waals surface area (Å²) in [6, 6.07) is 11.6. The molecule has 7 aliphatic heterocycles. The lowest BCUT2D eigenvalue weighted by molar-refractivity contribution is -0.157. The number of piperazine rings is 1. The van der Waals surface area contributed by atoms with E-state index in [1.54, 1.807) is 12.1 Å². The van der Waals surface area contributed by atoms with Crippen molar-refractivity contribution in [1.82, 2.24) is 40.1 Å². The minimum absolute atomic E-state index is 0.0488. The van der Waals surface area contributed by atoms with Gasteiger partial charge in [-0.1, -0.05) is 26.8 Å². The number of aromatic nitrogens is 3. The number of nitrogens with zero attached hydrogens (tertiary/aromatic N) is 9. The summed E-state index contributed by atoms with van der Waals surface area (Å²) in [5, 5.41) is 6.19. The number of cyclic esters (lactones) is 1. The molecule has 12 rings (SSSR count). The number of fused-ring (bicyclic) bond motifs is 9. The molecule has 4 aromatic rings. The van der Waals surface area contributed by atoms with Crippen molar-refractivity contribution in [2.45, 2.75) is 134 Å². The Labute approximate surface area is 454 Å². The average molecular weight is 1060 g/mol. The highest BCUT2D eigenvalue weighted by Gasteiger charge is 2.50. The average Bonchev–Trinajstić information content (AvgIpc) is 4.14. The molecular formula is C59H81N11O7. The van der Waals surface area contributed by atoms with Crippen LogP contribution in [0.4, 0.5) is 17.2 Å². The fraction of sp³-hybridized carbons (Fsp3) is 0.644. The number of morpholine rings is 2. The van der Waals surface area contributed by atoms with E-state index in [2.05, 4.69) is 105 Å². The van der Waals surface area contributed by atoms with Gasteiger partial charge in [0.15, 0.2) is 0 Å². The molecule has 1 unspecified atom stereocenters. The molecule has 2 N–H and O–H groups in total. The molecule has 77 heavy (non-hydrogen) atoms. The van der Waals surface area contributed by atoms with Crippen LogP contribution in [0.2, 0.25) is 0 Å². The fourth-order valence-electron chi connectivity index (χ4n) is 14.2. The smallest absolute Gasteiger partial charge is 0.324 e. The lowest BCUT2D eigenvalue weighted by atomic mass is 9.77. The minimum atomic E-state index is -1.02. The van der Waals surface area contributed by atoms with E-state index < -0.39 is 41.5 Å². The Morgan fingerprint density at radius 1 is 0.909 bits per heavy atom. The molecule has 1 aromatic carbocycles. The lowest BCUT2D eigenvalue weighted by Gasteiger charge is -2.48. The van der Waals surface area contributed by atoms with Gasteiger partial charge in [0, 0.05) is 125 Å². The number of carbonyl (C=O) groups excluding carboxylic acids is 3. The number of esters is 1. The third-order valence-electron chi connectivity index (χ3n) is 18.5. The standard InChI is InChI=1S/C59H81N11O7/c1-7-68-47-17-16-40-31-43(47)45(53(68)44-32-41(34-61-51(44)38(3)74-6)65-23-21-64(22-24-65)39-14-15-39)33-59(4,5)36-77-58(73)46-12-9-20-70(63-46)57(72)52(54(66-25-28-75-29-26-66)49-35-67(40)27-30-76-49)62-56(71)50-37(2)42-11-8-18-60-55(42)69-19-10-13-48(50)69/h8,11,16-18,31-32,34,37-39,46,48-50,52,54,63H,7,9-10,12-15,19-30,33,35-36H2,1-6H3,(H,62,71)/t37?,38-,46-,48-,49+,50+,52-,54+/m0/s1. The van der Waals surface area contributed by atoms with E-state index >= 15 is 9.59 Å². The molecule has 6 fully saturated rings. The van der Waals surface area contributed by atoms with Gasteiger partial charge in [-0.05, 0) is 106 Å². The second kappa shape index (κ2) is 21.7. The summed E-state index contributed by atoms with van der Waals surface area (Å²) in [6.07, 6.45) is 9.27. The van der Waals surface area contributed by atoms with E-state index in [1.165, 1.54) is 18.4 Å². The lowest BCUT2D eigenvalue weighted by Crippen LogP contribution is -2.70. The number of amides is 2. The largest absolute Gasteiger partial charge is 0.464 e. The van der Waals surface area contributed by atoms with Crippen LogP contribution >= 0.6 is 0 Å². The van der Waals surface area contributed by atoms with Gasteiger partial charge in [0.2, 0.25) is 5.91 Å². The van der Waals surface area contributed by atoms with Crippen molar-refractivity contribution in [1.29, 1.82) is 0 Å². The van der Waals surface area contributed by atoms with Crippen LogP contribution in [0.25, 0.3) is 22.2 Å². The van der Waals surface area contributed by atoms with Crippen molar-refractivity contribution in [3.63, 3.8) is 0 Å². The highest BCUT2D eigenvalue weighted by molar-refractivity contribution is 5.95. The molecule has 10 heterocycles. The van der Waals surface area contributed by atoms with E-state index in [-0.39, 0.29) is 36.5 Å². The Bertz CT molecular complexity index is 2820. The van der Waals surface area contributed by atoms with Crippen LogP contribution in [0.3, 0.4) is 0 Å². The fourth-order valence-corrected chi connectivity index (χ4v) is 14.2. The third kappa shape index (κ3) is 10.1. The van der Waals surface area contributed by atoms with Gasteiger partial charge in [-0.25, -0.2) is 10.4 Å². The number of hydrogen-bond donors (Lipinski definition) is 2. The number of rotatable bonds is 9.